The second kappa shape index (κ2) is 11.0. The van der Waals surface area contributed by atoms with Gasteiger partial charge in [0.2, 0.25) is 0 Å². The van der Waals surface area contributed by atoms with Gasteiger partial charge in [0.05, 0.1) is 5.52 Å². The van der Waals surface area contributed by atoms with Crippen molar-refractivity contribution in [2.24, 2.45) is 5.92 Å². The SMILES string of the molecule is Cc1ccc2c(OCCN3CCC(Cc4ccc(F)c(C5CCN(C)CC5)c4)CC3)cccc2n1. The Balaban J connectivity index is 1.10. The molecule has 0 N–H and O–H groups in total. The Hall–Kier alpha value is -2.50. The van der Waals surface area contributed by atoms with Crippen LogP contribution in [0.5, 0.6) is 5.75 Å². The van der Waals surface area contributed by atoms with E-state index >= 15 is 0 Å². The van der Waals surface area contributed by atoms with Gasteiger partial charge in [0.25, 0.3) is 0 Å². The van der Waals surface area contributed by atoms with Crippen LogP contribution in [0.25, 0.3) is 10.9 Å². The lowest BCUT2D eigenvalue weighted by Gasteiger charge is -2.32. The van der Waals surface area contributed by atoms with E-state index in [0.29, 0.717) is 18.4 Å². The summed E-state index contributed by atoms with van der Waals surface area (Å²) in [6.07, 6.45) is 5.57. The summed E-state index contributed by atoms with van der Waals surface area (Å²) in [5.74, 6) is 1.95. The maximum Gasteiger partial charge on any atom is 0.128 e. The van der Waals surface area contributed by atoms with Crippen molar-refractivity contribution >= 4 is 10.9 Å². The Morgan fingerprint density at radius 2 is 1.77 bits per heavy atom. The third-order valence-corrected chi connectivity index (χ3v) is 7.95. The highest BCUT2D eigenvalue weighted by molar-refractivity contribution is 5.85. The van der Waals surface area contributed by atoms with E-state index in [0.717, 1.165) is 79.9 Å². The normalized spacial score (nSPS) is 18.8. The molecule has 0 atom stereocenters. The Bertz CT molecular complexity index is 1130. The highest BCUT2D eigenvalue weighted by Crippen LogP contribution is 2.31. The van der Waals surface area contributed by atoms with Crippen molar-refractivity contribution in [3.8, 4) is 5.75 Å². The molecule has 3 heterocycles. The fourth-order valence-electron chi connectivity index (χ4n) is 5.74. The van der Waals surface area contributed by atoms with E-state index < -0.39 is 0 Å². The summed E-state index contributed by atoms with van der Waals surface area (Å²) >= 11 is 0. The van der Waals surface area contributed by atoms with Gasteiger partial charge in [0.1, 0.15) is 18.2 Å². The molecular formula is C30H38FN3O. The summed E-state index contributed by atoms with van der Waals surface area (Å²) in [5, 5.41) is 1.08. The zero-order chi connectivity index (χ0) is 24.2. The van der Waals surface area contributed by atoms with Crippen molar-refractivity contribution < 1.29 is 9.13 Å². The number of pyridine rings is 1. The van der Waals surface area contributed by atoms with Crippen LogP contribution >= 0.6 is 0 Å². The molecule has 2 saturated heterocycles. The van der Waals surface area contributed by atoms with Gasteiger partial charge in [-0.1, -0.05) is 18.2 Å². The number of piperidine rings is 2. The summed E-state index contributed by atoms with van der Waals surface area (Å²) in [6, 6.07) is 16.1. The molecule has 0 amide bonds. The number of rotatable bonds is 7. The topological polar surface area (TPSA) is 28.6 Å². The van der Waals surface area contributed by atoms with Gasteiger partial charge >= 0.3 is 0 Å². The molecule has 5 heteroatoms. The highest BCUT2D eigenvalue weighted by Gasteiger charge is 2.23. The second-order valence-corrected chi connectivity index (χ2v) is 10.5. The van der Waals surface area contributed by atoms with Gasteiger partial charge in [-0.25, -0.2) is 4.39 Å². The molecule has 0 saturated carbocycles. The lowest BCUT2D eigenvalue weighted by Crippen LogP contribution is -2.37. The predicted molar refractivity (Wildman–Crippen MR) is 141 cm³/mol. The van der Waals surface area contributed by atoms with Crippen LogP contribution < -0.4 is 4.74 Å². The van der Waals surface area contributed by atoms with Crippen LogP contribution in [-0.2, 0) is 6.42 Å². The summed E-state index contributed by atoms with van der Waals surface area (Å²) < 4.78 is 20.7. The Kier molecular flexibility index (Phi) is 7.64. The molecule has 4 nitrogen and oxygen atoms in total. The molecule has 2 fully saturated rings. The van der Waals surface area contributed by atoms with Crippen molar-refractivity contribution in [3.63, 3.8) is 0 Å². The molecule has 186 valence electrons. The average Bonchev–Trinajstić information content (AvgIpc) is 2.87. The summed E-state index contributed by atoms with van der Waals surface area (Å²) in [6.45, 7) is 7.98. The fraction of sp³-hybridized carbons (Fsp3) is 0.500. The Morgan fingerprint density at radius 3 is 2.57 bits per heavy atom. The smallest absolute Gasteiger partial charge is 0.128 e. The zero-order valence-electron chi connectivity index (χ0n) is 21.2. The molecule has 2 aliphatic rings. The fourth-order valence-corrected chi connectivity index (χ4v) is 5.74. The number of nitrogens with zero attached hydrogens (tertiary/aromatic N) is 3. The van der Waals surface area contributed by atoms with Crippen LogP contribution in [0.1, 0.15) is 48.4 Å². The standard InChI is InChI=1S/C30H38FN3O/c1-22-6-8-26-29(32-22)4-3-5-30(26)35-19-18-34-16-10-23(11-17-34)20-24-7-9-28(31)27(21-24)25-12-14-33(2)15-13-25/h3-9,21,23,25H,10-20H2,1-2H3. The number of hydrogen-bond acceptors (Lipinski definition) is 4. The molecule has 5 rings (SSSR count). The maximum absolute atomic E-state index is 14.6. The largest absolute Gasteiger partial charge is 0.492 e. The van der Waals surface area contributed by atoms with E-state index in [1.165, 1.54) is 18.4 Å². The van der Waals surface area contributed by atoms with Crippen LogP contribution in [-0.4, -0.2) is 61.2 Å². The van der Waals surface area contributed by atoms with E-state index in [-0.39, 0.29) is 5.82 Å². The number of hydrogen-bond donors (Lipinski definition) is 0. The zero-order valence-corrected chi connectivity index (χ0v) is 21.2. The van der Waals surface area contributed by atoms with Gasteiger partial charge in [0.15, 0.2) is 0 Å². The first-order chi connectivity index (χ1) is 17.0. The van der Waals surface area contributed by atoms with E-state index in [4.69, 9.17) is 4.74 Å². The quantitative estimate of drug-likeness (QED) is 0.430. The van der Waals surface area contributed by atoms with Crippen LogP contribution in [0.2, 0.25) is 0 Å². The summed E-state index contributed by atoms with van der Waals surface area (Å²) in [5.41, 5.74) is 4.27. The van der Waals surface area contributed by atoms with Crippen molar-refractivity contribution in [3.05, 3.63) is 71.2 Å². The van der Waals surface area contributed by atoms with Crippen molar-refractivity contribution in [1.82, 2.24) is 14.8 Å². The van der Waals surface area contributed by atoms with Gasteiger partial charge in [-0.15, -0.1) is 0 Å². The van der Waals surface area contributed by atoms with Gasteiger partial charge in [0, 0.05) is 17.6 Å². The van der Waals surface area contributed by atoms with Gasteiger partial charge in [-0.2, -0.15) is 0 Å². The molecule has 0 aliphatic carbocycles. The van der Waals surface area contributed by atoms with Gasteiger partial charge in [-0.05, 0) is 126 Å². The number of aromatic nitrogens is 1. The molecule has 2 aromatic carbocycles. The number of likely N-dealkylation sites (tertiary alicyclic amines) is 2. The minimum atomic E-state index is -0.0183. The molecule has 35 heavy (non-hydrogen) atoms. The molecule has 2 aliphatic heterocycles. The van der Waals surface area contributed by atoms with Crippen LogP contribution in [0.15, 0.2) is 48.5 Å². The molecule has 1 aromatic heterocycles. The predicted octanol–water partition coefficient (Wildman–Crippen LogP) is 5.83. The van der Waals surface area contributed by atoms with Crippen molar-refractivity contribution in [2.45, 2.75) is 44.9 Å². The van der Waals surface area contributed by atoms with Crippen LogP contribution in [0, 0.1) is 18.7 Å². The first-order valence-electron chi connectivity index (χ1n) is 13.2. The number of benzene rings is 2. The van der Waals surface area contributed by atoms with Gasteiger partial charge in [-0.3, -0.25) is 9.88 Å². The molecule has 3 aromatic rings. The Labute approximate surface area is 209 Å². The Morgan fingerprint density at radius 1 is 0.971 bits per heavy atom. The molecule has 0 bridgehead atoms. The third kappa shape index (κ3) is 6.02. The number of ether oxygens (including phenoxy) is 1. The first kappa shape index (κ1) is 24.2. The second-order valence-electron chi connectivity index (χ2n) is 10.5. The van der Waals surface area contributed by atoms with Crippen LogP contribution in [0.4, 0.5) is 4.39 Å². The van der Waals surface area contributed by atoms with Crippen LogP contribution in [0.3, 0.4) is 0 Å². The molecular weight excluding hydrogens is 437 g/mol. The lowest BCUT2D eigenvalue weighted by molar-refractivity contribution is 0.155. The third-order valence-electron chi connectivity index (χ3n) is 7.95. The van der Waals surface area contributed by atoms with Gasteiger partial charge < -0.3 is 9.64 Å². The summed E-state index contributed by atoms with van der Waals surface area (Å²) in [4.78, 5) is 9.46. The molecule has 0 radical (unpaired) electrons. The van der Waals surface area contributed by atoms with E-state index in [2.05, 4.69) is 34.0 Å². The van der Waals surface area contributed by atoms with E-state index in [9.17, 15) is 4.39 Å². The van der Waals surface area contributed by atoms with E-state index in [1.807, 2.05) is 37.3 Å². The number of aryl methyl sites for hydroxylation is 1. The van der Waals surface area contributed by atoms with Crippen molar-refractivity contribution in [2.75, 3.05) is 46.4 Å². The number of fused-ring (bicyclic) bond motifs is 1. The minimum absolute atomic E-state index is 0.0183. The molecule has 0 unspecified atom stereocenters. The minimum Gasteiger partial charge on any atom is -0.492 e. The average molecular weight is 476 g/mol. The maximum atomic E-state index is 14.6. The molecule has 0 spiro atoms. The van der Waals surface area contributed by atoms with Crippen molar-refractivity contribution in [1.29, 1.82) is 0 Å². The lowest BCUT2D eigenvalue weighted by atomic mass is 9.85. The number of halogens is 1. The highest BCUT2D eigenvalue weighted by atomic mass is 19.1. The monoisotopic (exact) mass is 475 g/mol. The summed E-state index contributed by atoms with van der Waals surface area (Å²) in [7, 11) is 2.16. The van der Waals surface area contributed by atoms with E-state index in [1.54, 1.807) is 6.07 Å². The first-order valence-corrected chi connectivity index (χ1v) is 13.2.